The molecule has 1 unspecified atom stereocenters. The molecule has 0 bridgehead atoms. The Morgan fingerprint density at radius 3 is 2.00 bits per heavy atom. The van der Waals surface area contributed by atoms with E-state index in [9.17, 15) is 0 Å². The standard InChI is InChI=1S/C17H34O2Si4/c1-17(2)15-21(6,7)22(8,9)23(18-17,19-20(3,4)5)16-13-11-10-12-14-16/h10-14H,15H2,1-9H3. The van der Waals surface area contributed by atoms with E-state index in [2.05, 4.69) is 90.0 Å². The molecule has 0 radical (unpaired) electrons. The molecule has 1 aromatic rings. The van der Waals surface area contributed by atoms with Gasteiger partial charge >= 0.3 is 8.08 Å². The molecule has 1 aliphatic heterocycles. The third kappa shape index (κ3) is 3.52. The minimum Gasteiger partial charge on any atom is -0.435 e. The van der Waals surface area contributed by atoms with Crippen LogP contribution in [0.4, 0.5) is 0 Å². The third-order valence-corrected chi connectivity index (χ3v) is 44.5. The zero-order valence-corrected chi connectivity index (χ0v) is 20.4. The fraction of sp³-hybridized carbons (Fsp3) is 0.647. The minimum absolute atomic E-state index is 0.0695. The van der Waals surface area contributed by atoms with E-state index in [0.717, 1.165) is 0 Å². The molecule has 1 atom stereocenters. The van der Waals surface area contributed by atoms with E-state index in [0.29, 0.717) is 0 Å². The van der Waals surface area contributed by atoms with Gasteiger partial charge in [0.05, 0.1) is 5.60 Å². The molecule has 0 amide bonds. The van der Waals surface area contributed by atoms with Gasteiger partial charge in [-0.25, -0.2) is 0 Å². The Morgan fingerprint density at radius 2 is 1.52 bits per heavy atom. The molecule has 0 N–H and O–H groups in total. The summed E-state index contributed by atoms with van der Waals surface area (Å²) in [6.45, 7) is 21.8. The average molecular weight is 383 g/mol. The Morgan fingerprint density at radius 1 is 1.00 bits per heavy atom. The van der Waals surface area contributed by atoms with E-state index >= 15 is 0 Å². The van der Waals surface area contributed by atoms with Crippen LogP contribution in [0.5, 0.6) is 0 Å². The van der Waals surface area contributed by atoms with Gasteiger partial charge in [0, 0.05) is 7.59 Å². The average Bonchev–Trinajstić information content (AvgIpc) is 2.33. The lowest BCUT2D eigenvalue weighted by atomic mass is 10.2. The molecule has 1 saturated heterocycles. The highest BCUT2D eigenvalue weighted by atomic mass is 29.7. The monoisotopic (exact) mass is 382 g/mol. The Bertz CT molecular complexity index is 560. The topological polar surface area (TPSA) is 18.5 Å². The van der Waals surface area contributed by atoms with Crippen LogP contribution in [0.25, 0.3) is 0 Å². The van der Waals surface area contributed by atoms with Gasteiger partial charge in [-0.2, -0.15) is 0 Å². The van der Waals surface area contributed by atoms with Crippen LogP contribution >= 0.6 is 0 Å². The molecule has 1 heterocycles. The maximum atomic E-state index is 7.09. The van der Waals surface area contributed by atoms with E-state index < -0.39 is 31.1 Å². The minimum atomic E-state index is -2.43. The summed E-state index contributed by atoms with van der Waals surface area (Å²) < 4.78 is 14.1. The van der Waals surface area contributed by atoms with Crippen LogP contribution in [-0.4, -0.2) is 36.7 Å². The largest absolute Gasteiger partial charge is 0.435 e. The van der Waals surface area contributed by atoms with Crippen molar-refractivity contribution in [3.63, 3.8) is 0 Å². The van der Waals surface area contributed by atoms with E-state index in [1.807, 2.05) is 0 Å². The zero-order chi connectivity index (χ0) is 17.7. The van der Waals surface area contributed by atoms with E-state index in [1.165, 1.54) is 11.2 Å². The normalized spacial score (nSPS) is 29.3. The van der Waals surface area contributed by atoms with Gasteiger partial charge in [0.25, 0.3) is 0 Å². The lowest BCUT2D eigenvalue weighted by molar-refractivity contribution is 0.0979. The van der Waals surface area contributed by atoms with Crippen molar-refractivity contribution in [1.82, 2.24) is 0 Å². The van der Waals surface area contributed by atoms with Gasteiger partial charge in [0.1, 0.15) is 7.11 Å². The number of rotatable bonds is 3. The van der Waals surface area contributed by atoms with Gasteiger partial charge in [0.2, 0.25) is 0 Å². The highest BCUT2D eigenvalue weighted by molar-refractivity contribution is 7.69. The summed E-state index contributed by atoms with van der Waals surface area (Å²) in [6, 6.07) is 12.2. The molecule has 23 heavy (non-hydrogen) atoms. The third-order valence-electron chi connectivity index (χ3n) is 5.41. The maximum absolute atomic E-state index is 7.09. The summed E-state index contributed by atoms with van der Waals surface area (Å²) in [7, 11) is -7.22. The van der Waals surface area contributed by atoms with Crippen LogP contribution < -0.4 is 5.19 Å². The first kappa shape index (κ1) is 19.3. The summed E-state index contributed by atoms with van der Waals surface area (Å²) in [5.41, 5.74) is -0.0695. The van der Waals surface area contributed by atoms with Gasteiger partial charge in [0.15, 0.2) is 8.32 Å². The first-order valence-corrected chi connectivity index (χ1v) is 22.1. The van der Waals surface area contributed by atoms with Gasteiger partial charge in [-0.05, 0) is 44.7 Å². The van der Waals surface area contributed by atoms with Crippen molar-refractivity contribution in [3.05, 3.63) is 30.3 Å². The molecule has 1 fully saturated rings. The molecule has 2 nitrogen and oxygen atoms in total. The molecule has 130 valence electrons. The van der Waals surface area contributed by atoms with Crippen LogP contribution in [0.2, 0.25) is 51.9 Å². The van der Waals surface area contributed by atoms with Crippen LogP contribution in [0.3, 0.4) is 0 Å². The van der Waals surface area contributed by atoms with Crippen molar-refractivity contribution < 1.29 is 8.54 Å². The fourth-order valence-corrected chi connectivity index (χ4v) is 41.9. The van der Waals surface area contributed by atoms with Gasteiger partial charge in [-0.1, -0.05) is 56.5 Å². The molecule has 0 spiro atoms. The lowest BCUT2D eigenvalue weighted by Crippen LogP contribution is -2.86. The first-order chi connectivity index (χ1) is 10.2. The van der Waals surface area contributed by atoms with Crippen molar-refractivity contribution in [3.8, 4) is 0 Å². The Kier molecular flexibility index (Phi) is 4.85. The quantitative estimate of drug-likeness (QED) is 0.713. The summed E-state index contributed by atoms with van der Waals surface area (Å²) in [5, 5.41) is 1.37. The second-order valence-corrected chi connectivity index (χ2v) is 39.2. The van der Waals surface area contributed by atoms with E-state index in [1.54, 1.807) is 0 Å². The van der Waals surface area contributed by atoms with Crippen molar-refractivity contribution >= 4 is 36.3 Å². The van der Waals surface area contributed by atoms with E-state index in [-0.39, 0.29) is 5.60 Å². The van der Waals surface area contributed by atoms with Crippen molar-refractivity contribution in [2.45, 2.75) is 71.3 Å². The molecule has 0 saturated carbocycles. The predicted octanol–water partition coefficient (Wildman–Crippen LogP) is 4.57. The first-order valence-electron chi connectivity index (χ1n) is 8.68. The number of benzene rings is 1. The highest BCUT2D eigenvalue weighted by Crippen LogP contribution is 2.45. The van der Waals surface area contributed by atoms with Crippen LogP contribution in [0, 0.1) is 0 Å². The van der Waals surface area contributed by atoms with Crippen LogP contribution in [0.1, 0.15) is 13.8 Å². The SMILES string of the molecule is CC1(C)C[Si](C)(C)[Si](C)(C)[Si](O[Si](C)(C)C)(c2ccccc2)O1. The Hall–Kier alpha value is 0.00753. The van der Waals surface area contributed by atoms with Crippen LogP contribution in [0.15, 0.2) is 30.3 Å². The molecule has 1 aliphatic rings. The number of hydrogen-bond donors (Lipinski definition) is 0. The zero-order valence-electron chi connectivity index (χ0n) is 16.4. The Balaban J connectivity index is 2.72. The summed E-state index contributed by atoms with van der Waals surface area (Å²) in [6.07, 6.45) is 0. The predicted molar refractivity (Wildman–Crippen MR) is 111 cm³/mol. The molecule has 1 aromatic carbocycles. The maximum Gasteiger partial charge on any atom is 0.336 e. The molecule has 0 aromatic heterocycles. The van der Waals surface area contributed by atoms with Crippen LogP contribution in [-0.2, 0) is 8.54 Å². The molecule has 6 heteroatoms. The molecule has 0 aliphatic carbocycles. The van der Waals surface area contributed by atoms with Gasteiger partial charge in [-0.3, -0.25) is 0 Å². The molecular formula is C17H34O2Si4. The van der Waals surface area contributed by atoms with Crippen molar-refractivity contribution in [2.75, 3.05) is 0 Å². The smallest absolute Gasteiger partial charge is 0.336 e. The van der Waals surface area contributed by atoms with Crippen molar-refractivity contribution in [2.24, 2.45) is 0 Å². The summed E-state index contributed by atoms with van der Waals surface area (Å²) in [5.74, 6) is 0. The lowest BCUT2D eigenvalue weighted by Gasteiger charge is -2.60. The fourth-order valence-electron chi connectivity index (χ4n) is 4.00. The highest BCUT2D eigenvalue weighted by Gasteiger charge is 2.68. The second kappa shape index (κ2) is 5.78. The van der Waals surface area contributed by atoms with Crippen molar-refractivity contribution in [1.29, 1.82) is 0 Å². The van der Waals surface area contributed by atoms with Gasteiger partial charge in [-0.15, -0.1) is 0 Å². The van der Waals surface area contributed by atoms with E-state index in [4.69, 9.17) is 8.54 Å². The summed E-state index contributed by atoms with van der Waals surface area (Å²) in [4.78, 5) is 0. The molecular weight excluding hydrogens is 349 g/mol. The number of hydrogen-bond acceptors (Lipinski definition) is 2. The van der Waals surface area contributed by atoms with Gasteiger partial charge < -0.3 is 8.54 Å². The molecule has 2 rings (SSSR count). The second-order valence-electron chi connectivity index (χ2n) is 9.74. The summed E-state index contributed by atoms with van der Waals surface area (Å²) >= 11 is 0. The Labute approximate surface area is 146 Å².